The quantitative estimate of drug-likeness (QED) is 0.619. The Morgan fingerprint density at radius 1 is 1.53 bits per heavy atom. The van der Waals surface area contributed by atoms with E-state index < -0.39 is 4.92 Å². The SMILES string of the molecule is CC1CCCC1Nc1cc([N+](=O)[O-])cc(N)n1. The highest BCUT2D eigenvalue weighted by molar-refractivity contribution is 5.53. The lowest BCUT2D eigenvalue weighted by Gasteiger charge is -2.17. The number of pyridine rings is 1. The van der Waals surface area contributed by atoms with E-state index in [0.717, 1.165) is 6.42 Å². The molecule has 0 saturated heterocycles. The maximum absolute atomic E-state index is 10.7. The Kier molecular flexibility index (Phi) is 3.12. The summed E-state index contributed by atoms with van der Waals surface area (Å²) in [5.41, 5.74) is 5.53. The molecule has 0 radical (unpaired) electrons. The molecule has 0 amide bonds. The molecule has 92 valence electrons. The van der Waals surface area contributed by atoms with E-state index in [2.05, 4.69) is 17.2 Å². The van der Waals surface area contributed by atoms with Crippen molar-refractivity contribution in [3.63, 3.8) is 0 Å². The number of anilines is 2. The zero-order valence-electron chi connectivity index (χ0n) is 9.72. The Bertz CT molecular complexity index is 435. The van der Waals surface area contributed by atoms with Gasteiger partial charge in [0.2, 0.25) is 0 Å². The average molecular weight is 236 g/mol. The van der Waals surface area contributed by atoms with Gasteiger partial charge in [-0.3, -0.25) is 10.1 Å². The van der Waals surface area contributed by atoms with Crippen LogP contribution >= 0.6 is 0 Å². The lowest BCUT2D eigenvalue weighted by molar-refractivity contribution is -0.384. The van der Waals surface area contributed by atoms with Gasteiger partial charge in [-0.1, -0.05) is 13.3 Å². The molecular weight excluding hydrogens is 220 g/mol. The number of nitrogens with two attached hydrogens (primary N) is 1. The van der Waals surface area contributed by atoms with Crippen molar-refractivity contribution >= 4 is 17.3 Å². The number of nitro groups is 1. The summed E-state index contributed by atoms with van der Waals surface area (Å²) in [6.07, 6.45) is 3.44. The zero-order valence-corrected chi connectivity index (χ0v) is 9.72. The molecule has 0 aliphatic heterocycles. The first kappa shape index (κ1) is 11.6. The summed E-state index contributed by atoms with van der Waals surface area (Å²) in [7, 11) is 0. The predicted octanol–water partition coefficient (Wildman–Crippen LogP) is 2.17. The third kappa shape index (κ3) is 2.64. The Morgan fingerprint density at radius 2 is 2.29 bits per heavy atom. The normalized spacial score (nSPS) is 23.6. The van der Waals surface area contributed by atoms with Gasteiger partial charge >= 0.3 is 0 Å². The van der Waals surface area contributed by atoms with Crippen molar-refractivity contribution in [1.29, 1.82) is 0 Å². The van der Waals surface area contributed by atoms with E-state index in [0.29, 0.717) is 17.8 Å². The Hall–Kier alpha value is -1.85. The fraction of sp³-hybridized carbons (Fsp3) is 0.545. The van der Waals surface area contributed by atoms with Crippen molar-refractivity contribution in [3.8, 4) is 0 Å². The second-order valence-electron chi connectivity index (χ2n) is 4.55. The van der Waals surface area contributed by atoms with E-state index in [9.17, 15) is 10.1 Å². The van der Waals surface area contributed by atoms with E-state index in [-0.39, 0.29) is 11.5 Å². The molecule has 17 heavy (non-hydrogen) atoms. The van der Waals surface area contributed by atoms with Gasteiger partial charge in [0.15, 0.2) is 0 Å². The van der Waals surface area contributed by atoms with E-state index in [4.69, 9.17) is 5.73 Å². The Morgan fingerprint density at radius 3 is 2.88 bits per heavy atom. The van der Waals surface area contributed by atoms with E-state index in [1.165, 1.54) is 25.0 Å². The summed E-state index contributed by atoms with van der Waals surface area (Å²) in [5, 5.41) is 13.9. The molecule has 1 aliphatic rings. The average Bonchev–Trinajstić information content (AvgIpc) is 2.63. The number of nitrogens with one attached hydrogen (secondary N) is 1. The molecular formula is C11H16N4O2. The molecule has 1 heterocycles. The fourth-order valence-electron chi connectivity index (χ4n) is 2.27. The van der Waals surface area contributed by atoms with Crippen molar-refractivity contribution in [2.24, 2.45) is 5.92 Å². The number of nitrogen functional groups attached to an aromatic ring is 1. The number of hydrogen-bond acceptors (Lipinski definition) is 5. The molecule has 1 saturated carbocycles. The fourth-order valence-corrected chi connectivity index (χ4v) is 2.27. The van der Waals surface area contributed by atoms with Crippen molar-refractivity contribution in [2.75, 3.05) is 11.1 Å². The van der Waals surface area contributed by atoms with Crippen molar-refractivity contribution in [1.82, 2.24) is 4.98 Å². The van der Waals surface area contributed by atoms with Crippen molar-refractivity contribution in [2.45, 2.75) is 32.2 Å². The van der Waals surface area contributed by atoms with Crippen LogP contribution in [0, 0.1) is 16.0 Å². The smallest absolute Gasteiger partial charge is 0.276 e. The van der Waals surface area contributed by atoms with Crippen molar-refractivity contribution in [3.05, 3.63) is 22.2 Å². The molecule has 0 spiro atoms. The molecule has 2 rings (SSSR count). The number of rotatable bonds is 3. The minimum Gasteiger partial charge on any atom is -0.383 e. The van der Waals surface area contributed by atoms with Gasteiger partial charge in [0.1, 0.15) is 11.6 Å². The number of nitrogens with zero attached hydrogens (tertiary/aromatic N) is 2. The second kappa shape index (κ2) is 4.57. The number of aromatic nitrogens is 1. The summed E-state index contributed by atoms with van der Waals surface area (Å²) < 4.78 is 0. The van der Waals surface area contributed by atoms with Gasteiger partial charge < -0.3 is 11.1 Å². The summed E-state index contributed by atoms with van der Waals surface area (Å²) in [4.78, 5) is 14.3. The molecule has 0 bridgehead atoms. The standard InChI is InChI=1S/C11H16N4O2/c1-7-3-2-4-9(7)13-11-6-8(15(16)17)5-10(12)14-11/h5-7,9H,2-4H2,1H3,(H3,12,13,14). The van der Waals surface area contributed by atoms with Crippen LogP contribution in [0.15, 0.2) is 12.1 Å². The highest BCUT2D eigenvalue weighted by atomic mass is 16.6. The van der Waals surface area contributed by atoms with E-state index in [1.54, 1.807) is 0 Å². The van der Waals surface area contributed by atoms with Crippen LogP contribution in [0.5, 0.6) is 0 Å². The van der Waals surface area contributed by atoms with Gasteiger partial charge in [-0.15, -0.1) is 0 Å². The van der Waals surface area contributed by atoms with Crippen LogP contribution in [0.2, 0.25) is 0 Å². The van der Waals surface area contributed by atoms with Crippen LogP contribution in [0.25, 0.3) is 0 Å². The van der Waals surface area contributed by atoms with Crippen molar-refractivity contribution < 1.29 is 4.92 Å². The predicted molar refractivity (Wildman–Crippen MR) is 65.7 cm³/mol. The minimum atomic E-state index is -0.457. The van der Waals surface area contributed by atoms with Gasteiger partial charge in [0, 0.05) is 6.04 Å². The van der Waals surface area contributed by atoms with Gasteiger partial charge in [0.05, 0.1) is 17.1 Å². The second-order valence-corrected chi connectivity index (χ2v) is 4.55. The third-order valence-electron chi connectivity index (χ3n) is 3.24. The summed E-state index contributed by atoms with van der Waals surface area (Å²) >= 11 is 0. The summed E-state index contributed by atoms with van der Waals surface area (Å²) in [6.45, 7) is 2.17. The van der Waals surface area contributed by atoms with Gasteiger partial charge in [-0.05, 0) is 18.8 Å². The van der Waals surface area contributed by atoms with Gasteiger partial charge in [-0.2, -0.15) is 0 Å². The Balaban J connectivity index is 2.17. The summed E-state index contributed by atoms with van der Waals surface area (Å²) in [5.74, 6) is 1.24. The molecule has 1 fully saturated rings. The lowest BCUT2D eigenvalue weighted by Crippen LogP contribution is -2.22. The van der Waals surface area contributed by atoms with Crippen LogP contribution in [-0.2, 0) is 0 Å². The zero-order chi connectivity index (χ0) is 12.4. The molecule has 6 heteroatoms. The highest BCUT2D eigenvalue weighted by Gasteiger charge is 2.24. The highest BCUT2D eigenvalue weighted by Crippen LogP contribution is 2.28. The van der Waals surface area contributed by atoms with Crippen LogP contribution < -0.4 is 11.1 Å². The van der Waals surface area contributed by atoms with Gasteiger partial charge in [0.25, 0.3) is 5.69 Å². The molecule has 2 unspecified atom stereocenters. The molecule has 2 atom stereocenters. The topological polar surface area (TPSA) is 94.1 Å². The maximum Gasteiger partial charge on any atom is 0.276 e. The van der Waals surface area contributed by atoms with E-state index >= 15 is 0 Å². The lowest BCUT2D eigenvalue weighted by atomic mass is 10.1. The molecule has 1 aromatic heterocycles. The molecule has 0 aromatic carbocycles. The van der Waals surface area contributed by atoms with Crippen LogP contribution in [-0.4, -0.2) is 15.9 Å². The largest absolute Gasteiger partial charge is 0.383 e. The minimum absolute atomic E-state index is 0.0225. The molecule has 3 N–H and O–H groups in total. The monoisotopic (exact) mass is 236 g/mol. The van der Waals surface area contributed by atoms with Crippen LogP contribution in [0.3, 0.4) is 0 Å². The third-order valence-corrected chi connectivity index (χ3v) is 3.24. The Labute approximate surface area is 99.4 Å². The van der Waals surface area contributed by atoms with Gasteiger partial charge in [-0.25, -0.2) is 4.98 Å². The first-order valence-corrected chi connectivity index (χ1v) is 5.75. The first-order valence-electron chi connectivity index (χ1n) is 5.75. The maximum atomic E-state index is 10.7. The van der Waals surface area contributed by atoms with Crippen LogP contribution in [0.4, 0.5) is 17.3 Å². The number of hydrogen-bond donors (Lipinski definition) is 2. The molecule has 1 aromatic rings. The summed E-state index contributed by atoms with van der Waals surface area (Å²) in [6, 6.07) is 3.04. The first-order chi connectivity index (χ1) is 8.06. The van der Waals surface area contributed by atoms with Crippen LogP contribution in [0.1, 0.15) is 26.2 Å². The molecule has 1 aliphatic carbocycles. The van der Waals surface area contributed by atoms with E-state index in [1.807, 2.05) is 0 Å². The molecule has 6 nitrogen and oxygen atoms in total.